The van der Waals surface area contributed by atoms with Gasteiger partial charge in [-0.3, -0.25) is 0 Å². The van der Waals surface area contributed by atoms with E-state index in [1.807, 2.05) is 6.07 Å². The van der Waals surface area contributed by atoms with Crippen LogP contribution in [0.2, 0.25) is 0 Å². The van der Waals surface area contributed by atoms with Crippen molar-refractivity contribution >= 4 is 0 Å². The smallest absolute Gasteiger partial charge is 0.123 e. The monoisotopic (exact) mass is 251 g/mol. The van der Waals surface area contributed by atoms with Gasteiger partial charge in [-0.2, -0.15) is 0 Å². The Balaban J connectivity index is 1.98. The van der Waals surface area contributed by atoms with Gasteiger partial charge in [-0.1, -0.05) is 31.9 Å². The van der Waals surface area contributed by atoms with Crippen molar-refractivity contribution in [2.24, 2.45) is 5.92 Å². The number of halogens is 1. The maximum absolute atomic E-state index is 13.1. The third-order valence-corrected chi connectivity index (χ3v) is 3.95. The highest BCUT2D eigenvalue weighted by atomic mass is 19.1. The van der Waals surface area contributed by atoms with Crippen molar-refractivity contribution in [1.29, 1.82) is 0 Å². The van der Waals surface area contributed by atoms with Gasteiger partial charge < -0.3 is 10.4 Å². The van der Waals surface area contributed by atoms with E-state index in [0.29, 0.717) is 12.5 Å². The van der Waals surface area contributed by atoms with Crippen LogP contribution in [-0.2, 0) is 6.54 Å². The van der Waals surface area contributed by atoms with Gasteiger partial charge in [-0.25, -0.2) is 4.39 Å². The maximum atomic E-state index is 13.1. The predicted octanol–water partition coefficient (Wildman–Crippen LogP) is 2.86. The summed E-state index contributed by atoms with van der Waals surface area (Å²) in [7, 11) is 0. The summed E-state index contributed by atoms with van der Waals surface area (Å²) in [5, 5.41) is 13.1. The zero-order valence-electron chi connectivity index (χ0n) is 11.0. The van der Waals surface area contributed by atoms with Gasteiger partial charge in [0.1, 0.15) is 5.82 Å². The Morgan fingerprint density at radius 1 is 1.50 bits per heavy atom. The molecule has 1 aliphatic rings. The number of aliphatic hydroxyl groups is 1. The van der Waals surface area contributed by atoms with Crippen LogP contribution < -0.4 is 5.32 Å². The molecule has 1 fully saturated rings. The van der Waals surface area contributed by atoms with Crippen LogP contribution in [0.1, 0.15) is 38.2 Å². The fourth-order valence-corrected chi connectivity index (χ4v) is 2.96. The van der Waals surface area contributed by atoms with Crippen molar-refractivity contribution in [3.8, 4) is 0 Å². The van der Waals surface area contributed by atoms with E-state index in [9.17, 15) is 9.50 Å². The molecule has 0 heterocycles. The average molecular weight is 251 g/mol. The summed E-state index contributed by atoms with van der Waals surface area (Å²) < 4.78 is 13.1. The molecule has 2 atom stereocenters. The van der Waals surface area contributed by atoms with Gasteiger partial charge in [-0.15, -0.1) is 0 Å². The van der Waals surface area contributed by atoms with E-state index in [0.717, 1.165) is 24.8 Å². The number of benzene rings is 1. The molecule has 2 N–H and O–H groups in total. The minimum absolute atomic E-state index is 0.159. The van der Waals surface area contributed by atoms with E-state index < -0.39 is 0 Å². The Hall–Kier alpha value is -0.930. The van der Waals surface area contributed by atoms with Gasteiger partial charge in [0.15, 0.2) is 0 Å². The van der Waals surface area contributed by atoms with Crippen LogP contribution in [0, 0.1) is 11.7 Å². The first-order chi connectivity index (χ1) is 8.63. The topological polar surface area (TPSA) is 32.3 Å². The minimum Gasteiger partial charge on any atom is -0.394 e. The molecule has 1 aromatic rings. The second kappa shape index (κ2) is 5.81. The van der Waals surface area contributed by atoms with Gasteiger partial charge in [0.25, 0.3) is 0 Å². The molecule has 3 heteroatoms. The highest BCUT2D eigenvalue weighted by Crippen LogP contribution is 2.32. The van der Waals surface area contributed by atoms with Crippen LogP contribution in [0.25, 0.3) is 0 Å². The van der Waals surface area contributed by atoms with Gasteiger partial charge in [0.05, 0.1) is 6.61 Å². The van der Waals surface area contributed by atoms with E-state index in [2.05, 4.69) is 12.2 Å². The number of aliphatic hydroxyl groups excluding tert-OH is 1. The van der Waals surface area contributed by atoms with Crippen LogP contribution in [-0.4, -0.2) is 17.3 Å². The SMILES string of the molecule is CC1CCCC(CO)(NCc2cccc(F)c2)C1. The van der Waals surface area contributed by atoms with Gasteiger partial charge in [0.2, 0.25) is 0 Å². The zero-order valence-corrected chi connectivity index (χ0v) is 11.0. The van der Waals surface area contributed by atoms with Crippen LogP contribution >= 0.6 is 0 Å². The van der Waals surface area contributed by atoms with Gasteiger partial charge >= 0.3 is 0 Å². The third kappa shape index (κ3) is 3.30. The molecule has 0 aliphatic heterocycles. The van der Waals surface area contributed by atoms with Crippen molar-refractivity contribution in [2.75, 3.05) is 6.61 Å². The average Bonchev–Trinajstić information content (AvgIpc) is 2.37. The molecule has 0 amide bonds. The molecule has 2 unspecified atom stereocenters. The highest BCUT2D eigenvalue weighted by molar-refractivity contribution is 5.16. The molecule has 0 aromatic heterocycles. The molecule has 2 rings (SSSR count). The van der Waals surface area contributed by atoms with Crippen LogP contribution in [0.3, 0.4) is 0 Å². The fraction of sp³-hybridized carbons (Fsp3) is 0.600. The third-order valence-electron chi connectivity index (χ3n) is 3.95. The lowest BCUT2D eigenvalue weighted by Gasteiger charge is -2.39. The summed E-state index contributed by atoms with van der Waals surface area (Å²) in [5.74, 6) is 0.440. The first-order valence-electron chi connectivity index (χ1n) is 6.74. The minimum atomic E-state index is -0.204. The van der Waals surface area contributed by atoms with Crippen molar-refractivity contribution in [1.82, 2.24) is 5.32 Å². The largest absolute Gasteiger partial charge is 0.394 e. The van der Waals surface area contributed by atoms with Gasteiger partial charge in [-0.05, 0) is 36.5 Å². The summed E-state index contributed by atoms with van der Waals surface area (Å²) in [6, 6.07) is 6.63. The molecule has 100 valence electrons. The van der Waals surface area contributed by atoms with Gasteiger partial charge in [0, 0.05) is 12.1 Å². The molecule has 1 aliphatic carbocycles. The van der Waals surface area contributed by atoms with Crippen LogP contribution in [0.5, 0.6) is 0 Å². The quantitative estimate of drug-likeness (QED) is 0.862. The van der Waals surface area contributed by atoms with Crippen molar-refractivity contribution in [3.63, 3.8) is 0 Å². The van der Waals surface area contributed by atoms with E-state index in [4.69, 9.17) is 0 Å². The van der Waals surface area contributed by atoms with Crippen molar-refractivity contribution in [2.45, 2.75) is 44.7 Å². The maximum Gasteiger partial charge on any atom is 0.123 e. The highest BCUT2D eigenvalue weighted by Gasteiger charge is 2.33. The number of hydrogen-bond acceptors (Lipinski definition) is 2. The number of hydrogen-bond donors (Lipinski definition) is 2. The molecule has 1 aromatic carbocycles. The van der Waals surface area contributed by atoms with E-state index in [1.165, 1.54) is 12.5 Å². The van der Waals surface area contributed by atoms with E-state index in [-0.39, 0.29) is 18.0 Å². The molecule has 2 nitrogen and oxygen atoms in total. The van der Waals surface area contributed by atoms with Crippen LogP contribution in [0.4, 0.5) is 4.39 Å². The molecular weight excluding hydrogens is 229 g/mol. The standard InChI is InChI=1S/C15H22FNO/c1-12-4-3-7-15(9-12,11-18)17-10-13-5-2-6-14(16)8-13/h2,5-6,8,12,17-18H,3-4,7,9-11H2,1H3. The molecule has 0 saturated heterocycles. The number of nitrogens with one attached hydrogen (secondary N) is 1. The summed E-state index contributed by atoms with van der Waals surface area (Å²) in [4.78, 5) is 0. The Kier molecular flexibility index (Phi) is 4.36. The zero-order chi connectivity index (χ0) is 13.0. The molecule has 0 spiro atoms. The Bertz CT molecular complexity index is 396. The summed E-state index contributed by atoms with van der Waals surface area (Å²) in [6.07, 6.45) is 4.39. The lowest BCUT2D eigenvalue weighted by atomic mass is 9.77. The fourth-order valence-electron chi connectivity index (χ4n) is 2.96. The van der Waals surface area contributed by atoms with Crippen LogP contribution in [0.15, 0.2) is 24.3 Å². The molecule has 18 heavy (non-hydrogen) atoms. The Morgan fingerprint density at radius 3 is 3.00 bits per heavy atom. The normalized spacial score (nSPS) is 28.3. The number of rotatable bonds is 4. The Labute approximate surface area is 108 Å². The molecular formula is C15H22FNO. The lowest BCUT2D eigenvalue weighted by Crippen LogP contribution is -2.51. The molecule has 0 bridgehead atoms. The second-order valence-electron chi connectivity index (χ2n) is 5.62. The Morgan fingerprint density at radius 2 is 2.33 bits per heavy atom. The van der Waals surface area contributed by atoms with E-state index in [1.54, 1.807) is 12.1 Å². The summed E-state index contributed by atoms with van der Waals surface area (Å²) in [5.41, 5.74) is 0.755. The predicted molar refractivity (Wildman–Crippen MR) is 70.7 cm³/mol. The van der Waals surface area contributed by atoms with Crippen molar-refractivity contribution in [3.05, 3.63) is 35.6 Å². The summed E-state index contributed by atoms with van der Waals surface area (Å²) >= 11 is 0. The lowest BCUT2D eigenvalue weighted by molar-refractivity contribution is 0.0982. The summed E-state index contributed by atoms with van der Waals surface area (Å²) in [6.45, 7) is 3.01. The first-order valence-corrected chi connectivity index (χ1v) is 6.74. The second-order valence-corrected chi connectivity index (χ2v) is 5.62. The first kappa shape index (κ1) is 13.5. The van der Waals surface area contributed by atoms with Crippen molar-refractivity contribution < 1.29 is 9.50 Å². The van der Waals surface area contributed by atoms with E-state index >= 15 is 0 Å². The molecule has 0 radical (unpaired) electrons. The molecule has 1 saturated carbocycles.